The van der Waals surface area contributed by atoms with Crippen LogP contribution in [0.2, 0.25) is 0 Å². The van der Waals surface area contributed by atoms with Crippen LogP contribution in [0.5, 0.6) is 0 Å². The van der Waals surface area contributed by atoms with Gasteiger partial charge in [0, 0.05) is 12.0 Å². The van der Waals surface area contributed by atoms with Gasteiger partial charge in [-0.2, -0.15) is 18.2 Å². The van der Waals surface area contributed by atoms with E-state index < -0.39 is 17.8 Å². The lowest BCUT2D eigenvalue weighted by Crippen LogP contribution is -2.51. The van der Waals surface area contributed by atoms with Crippen LogP contribution in [0.1, 0.15) is 70.0 Å². The highest BCUT2D eigenvalue weighted by Gasteiger charge is 2.53. The average Bonchev–Trinajstić information content (AvgIpc) is 2.91. The van der Waals surface area contributed by atoms with Gasteiger partial charge in [-0.15, -0.1) is 0 Å². The third-order valence-corrected chi connectivity index (χ3v) is 5.70. The normalized spacial score (nSPS) is 18.2. The molecule has 0 aliphatic carbocycles. The Balaban J connectivity index is 2.06. The number of unbranched alkanes of at least 4 members (excludes halogenated alkanes) is 3. The van der Waals surface area contributed by atoms with E-state index in [0.29, 0.717) is 5.39 Å². The molecule has 1 atom stereocenters. The Bertz CT molecular complexity index is 876. The maximum absolute atomic E-state index is 14.3. The standard InChI is InChI=1S/C23H29F3N2O/c1-4-5-6-7-10-16-13-14-19(18-12-9-8-11-17(16)18)21(23(24,25)26)28-22(2,3)15-20(29)27-28/h8-9,11-14,21H,4-7,10,15H2,1-3H3,(H,27,29)/t21-/m0/s1. The summed E-state index contributed by atoms with van der Waals surface area (Å²) in [6.45, 7) is 5.47. The number of fused-ring (bicyclic) bond motifs is 1. The summed E-state index contributed by atoms with van der Waals surface area (Å²) in [5.74, 6) is -0.388. The molecule has 1 aliphatic heterocycles. The Morgan fingerprint density at radius 2 is 1.76 bits per heavy atom. The molecule has 158 valence electrons. The van der Waals surface area contributed by atoms with E-state index in [-0.39, 0.29) is 17.9 Å². The Kier molecular flexibility index (Phi) is 6.22. The number of aryl methyl sites for hydroxylation is 1. The van der Waals surface area contributed by atoms with Crippen LogP contribution in [0.25, 0.3) is 10.8 Å². The number of alkyl halides is 3. The molecular weight excluding hydrogens is 377 g/mol. The van der Waals surface area contributed by atoms with E-state index in [0.717, 1.165) is 48.1 Å². The number of amides is 1. The molecule has 2 aromatic carbocycles. The molecule has 0 radical (unpaired) electrons. The van der Waals surface area contributed by atoms with Gasteiger partial charge in [-0.3, -0.25) is 10.2 Å². The van der Waals surface area contributed by atoms with E-state index in [1.54, 1.807) is 32.0 Å². The van der Waals surface area contributed by atoms with Crippen molar-refractivity contribution in [1.82, 2.24) is 10.4 Å². The summed E-state index contributed by atoms with van der Waals surface area (Å²) in [5.41, 5.74) is 2.77. The summed E-state index contributed by atoms with van der Waals surface area (Å²) in [6.07, 6.45) is 0.803. The first-order valence-electron chi connectivity index (χ1n) is 10.3. The minimum Gasteiger partial charge on any atom is -0.287 e. The van der Waals surface area contributed by atoms with Crippen molar-refractivity contribution in [3.05, 3.63) is 47.5 Å². The first kappa shape index (κ1) is 21.6. The topological polar surface area (TPSA) is 32.3 Å². The highest BCUT2D eigenvalue weighted by atomic mass is 19.4. The number of nitrogens with one attached hydrogen (secondary N) is 1. The van der Waals surface area contributed by atoms with Crippen LogP contribution in [0.3, 0.4) is 0 Å². The van der Waals surface area contributed by atoms with Gasteiger partial charge in [-0.1, -0.05) is 62.6 Å². The van der Waals surface area contributed by atoms with Gasteiger partial charge in [-0.25, -0.2) is 0 Å². The molecule has 1 fully saturated rings. The Morgan fingerprint density at radius 1 is 1.07 bits per heavy atom. The fourth-order valence-electron chi connectivity index (χ4n) is 4.26. The highest BCUT2D eigenvalue weighted by molar-refractivity contribution is 5.89. The Hall–Kier alpha value is -2.08. The van der Waals surface area contributed by atoms with Crippen molar-refractivity contribution < 1.29 is 18.0 Å². The molecule has 3 nitrogen and oxygen atoms in total. The molecule has 1 N–H and O–H groups in total. The molecule has 3 rings (SSSR count). The third-order valence-electron chi connectivity index (χ3n) is 5.70. The third kappa shape index (κ3) is 4.58. The van der Waals surface area contributed by atoms with E-state index in [2.05, 4.69) is 12.3 Å². The summed E-state index contributed by atoms with van der Waals surface area (Å²) in [4.78, 5) is 11.9. The van der Waals surface area contributed by atoms with Crippen LogP contribution < -0.4 is 5.43 Å². The van der Waals surface area contributed by atoms with E-state index in [1.165, 1.54) is 0 Å². The number of halogens is 3. The molecule has 0 aromatic heterocycles. The second-order valence-corrected chi connectivity index (χ2v) is 8.51. The van der Waals surface area contributed by atoms with Crippen LogP contribution in [-0.2, 0) is 11.2 Å². The lowest BCUT2D eigenvalue weighted by molar-refractivity contribution is -0.203. The van der Waals surface area contributed by atoms with Crippen molar-refractivity contribution in [2.75, 3.05) is 0 Å². The molecule has 0 saturated carbocycles. The van der Waals surface area contributed by atoms with Gasteiger partial charge >= 0.3 is 6.18 Å². The van der Waals surface area contributed by atoms with Gasteiger partial charge < -0.3 is 0 Å². The van der Waals surface area contributed by atoms with E-state index in [4.69, 9.17) is 0 Å². The van der Waals surface area contributed by atoms with Crippen LogP contribution in [0, 0.1) is 0 Å². The quantitative estimate of drug-likeness (QED) is 0.565. The van der Waals surface area contributed by atoms with Gasteiger partial charge in [0.25, 0.3) is 0 Å². The molecule has 1 saturated heterocycles. The molecule has 0 bridgehead atoms. The number of nitrogens with zero attached hydrogens (tertiary/aromatic N) is 1. The Labute approximate surface area is 170 Å². The van der Waals surface area contributed by atoms with Gasteiger partial charge in [-0.05, 0) is 48.6 Å². The largest absolute Gasteiger partial charge is 0.409 e. The predicted molar refractivity (Wildman–Crippen MR) is 109 cm³/mol. The van der Waals surface area contributed by atoms with Crippen LogP contribution in [-0.4, -0.2) is 22.6 Å². The SMILES string of the molecule is CCCCCCc1ccc([C@H](N2NC(=O)CC2(C)C)C(F)(F)F)c2ccccc12. The first-order chi connectivity index (χ1) is 13.6. The lowest BCUT2D eigenvalue weighted by Gasteiger charge is -2.38. The van der Waals surface area contributed by atoms with Gasteiger partial charge in [0.15, 0.2) is 6.04 Å². The molecule has 0 unspecified atom stereocenters. The number of rotatable bonds is 7. The number of hydrazine groups is 1. The maximum atomic E-state index is 14.3. The van der Waals surface area contributed by atoms with E-state index >= 15 is 0 Å². The van der Waals surface area contributed by atoms with Crippen LogP contribution >= 0.6 is 0 Å². The summed E-state index contributed by atoms with van der Waals surface area (Å²) < 4.78 is 42.8. The van der Waals surface area contributed by atoms with Crippen molar-refractivity contribution in [1.29, 1.82) is 0 Å². The summed E-state index contributed by atoms with van der Waals surface area (Å²) in [5, 5.41) is 2.54. The fourth-order valence-corrected chi connectivity index (χ4v) is 4.26. The van der Waals surface area contributed by atoms with E-state index in [1.807, 2.05) is 18.2 Å². The fraction of sp³-hybridized carbons (Fsp3) is 0.522. The second kappa shape index (κ2) is 8.34. The van der Waals surface area contributed by atoms with Gasteiger partial charge in [0.1, 0.15) is 0 Å². The number of benzene rings is 2. The summed E-state index contributed by atoms with van der Waals surface area (Å²) in [7, 11) is 0. The monoisotopic (exact) mass is 406 g/mol. The minimum atomic E-state index is -4.53. The van der Waals surface area contributed by atoms with Crippen molar-refractivity contribution in [3.8, 4) is 0 Å². The van der Waals surface area contributed by atoms with Crippen molar-refractivity contribution in [2.24, 2.45) is 0 Å². The number of hydrogen-bond donors (Lipinski definition) is 1. The minimum absolute atomic E-state index is 0.0347. The average molecular weight is 406 g/mol. The molecule has 1 aliphatic rings. The zero-order valence-corrected chi connectivity index (χ0v) is 17.3. The smallest absolute Gasteiger partial charge is 0.287 e. The molecule has 0 spiro atoms. The zero-order valence-electron chi connectivity index (χ0n) is 17.3. The summed E-state index contributed by atoms with van der Waals surface area (Å²) >= 11 is 0. The molecule has 29 heavy (non-hydrogen) atoms. The lowest BCUT2D eigenvalue weighted by atomic mass is 9.90. The van der Waals surface area contributed by atoms with Gasteiger partial charge in [0.05, 0.1) is 0 Å². The van der Waals surface area contributed by atoms with Crippen molar-refractivity contribution in [3.63, 3.8) is 0 Å². The molecule has 6 heteroatoms. The van der Waals surface area contributed by atoms with E-state index in [9.17, 15) is 18.0 Å². The van der Waals surface area contributed by atoms with Crippen LogP contribution in [0.15, 0.2) is 36.4 Å². The van der Waals surface area contributed by atoms with Crippen molar-refractivity contribution in [2.45, 2.75) is 77.1 Å². The second-order valence-electron chi connectivity index (χ2n) is 8.51. The highest BCUT2D eigenvalue weighted by Crippen LogP contribution is 2.45. The Morgan fingerprint density at radius 3 is 2.34 bits per heavy atom. The predicted octanol–water partition coefficient (Wildman–Crippen LogP) is 6.08. The molecular formula is C23H29F3N2O. The zero-order chi connectivity index (χ0) is 21.2. The number of hydrogen-bond acceptors (Lipinski definition) is 2. The molecule has 1 amide bonds. The first-order valence-corrected chi connectivity index (χ1v) is 10.3. The molecule has 2 aromatic rings. The number of carbonyl (C=O) groups excluding carboxylic acids is 1. The van der Waals surface area contributed by atoms with Gasteiger partial charge in [0.2, 0.25) is 5.91 Å². The summed E-state index contributed by atoms with van der Waals surface area (Å²) in [6, 6.07) is 8.81. The van der Waals surface area contributed by atoms with Crippen LogP contribution in [0.4, 0.5) is 13.2 Å². The maximum Gasteiger partial charge on any atom is 0.409 e. The van der Waals surface area contributed by atoms with Crippen molar-refractivity contribution >= 4 is 16.7 Å². The molecule has 1 heterocycles. The number of carbonyl (C=O) groups is 1.